The molecule has 1 aromatic carbocycles. The minimum atomic E-state index is -3.74. The highest BCUT2D eigenvalue weighted by molar-refractivity contribution is 7.89. The third-order valence-corrected chi connectivity index (χ3v) is 5.85. The molecule has 0 saturated carbocycles. The molecule has 13 heteroatoms. The Morgan fingerprint density at radius 2 is 1.97 bits per heavy atom. The first kappa shape index (κ1) is 24.8. The maximum Gasteiger partial charge on any atom is 0.280 e. The number of nitrogens with one attached hydrogen (secondary N) is 2. The maximum atomic E-state index is 13.2. The van der Waals surface area contributed by atoms with Crippen LogP contribution in [0.1, 0.15) is 12.5 Å². The van der Waals surface area contributed by atoms with Gasteiger partial charge in [0.1, 0.15) is 6.10 Å². The number of carbonyl (C=O) groups is 1. The van der Waals surface area contributed by atoms with E-state index in [0.29, 0.717) is 11.3 Å². The van der Waals surface area contributed by atoms with Crippen LogP contribution in [0.25, 0.3) is 0 Å². The predicted molar refractivity (Wildman–Crippen MR) is 113 cm³/mol. The second-order valence-electron chi connectivity index (χ2n) is 6.15. The first-order chi connectivity index (χ1) is 14.8. The van der Waals surface area contributed by atoms with Gasteiger partial charge in [0.05, 0.1) is 24.3 Å². The fraction of sp³-hybridized carbons (Fsp3) is 0.389. The van der Waals surface area contributed by atoms with E-state index in [-0.39, 0.29) is 41.1 Å². The number of aromatic nitrogens is 1. The van der Waals surface area contributed by atoms with Crippen LogP contribution in [-0.2, 0) is 29.1 Å². The first-order valence-electron chi connectivity index (χ1n) is 9.01. The van der Waals surface area contributed by atoms with E-state index in [1.165, 1.54) is 38.5 Å². The molecule has 1 atom stereocenters. The van der Waals surface area contributed by atoms with Crippen LogP contribution >= 0.6 is 11.3 Å². The minimum Gasteiger partial charge on any atom is -0.390 e. The Bertz CT molecular complexity index is 995. The molecule has 0 aliphatic rings. The third kappa shape index (κ3) is 7.63. The molecule has 31 heavy (non-hydrogen) atoms. The van der Waals surface area contributed by atoms with Crippen molar-refractivity contribution in [1.82, 2.24) is 9.71 Å². The normalized spacial score (nSPS) is 13.1. The lowest BCUT2D eigenvalue weighted by Crippen LogP contribution is -2.27. The first-order valence-corrected chi connectivity index (χ1v) is 11.3. The highest BCUT2D eigenvalue weighted by atomic mass is 32.2. The summed E-state index contributed by atoms with van der Waals surface area (Å²) < 4.78 is 49.9. The van der Waals surface area contributed by atoms with Crippen LogP contribution < -0.4 is 10.0 Å². The summed E-state index contributed by atoms with van der Waals surface area (Å²) in [6.45, 7) is 2.27. The van der Waals surface area contributed by atoms with E-state index in [9.17, 15) is 17.6 Å². The molecule has 170 valence electrons. The van der Waals surface area contributed by atoms with Crippen molar-refractivity contribution in [3.63, 3.8) is 0 Å². The second-order valence-corrected chi connectivity index (χ2v) is 8.90. The summed E-state index contributed by atoms with van der Waals surface area (Å²) in [6, 6.07) is 5.48. The monoisotopic (exact) mass is 474 g/mol. The van der Waals surface area contributed by atoms with Crippen molar-refractivity contribution in [2.24, 2.45) is 5.16 Å². The maximum absolute atomic E-state index is 13.2. The summed E-state index contributed by atoms with van der Waals surface area (Å²) in [5, 5.41) is 5.81. The van der Waals surface area contributed by atoms with Crippen LogP contribution in [0.4, 0.5) is 9.52 Å². The number of nitrogens with zero attached hydrogens (tertiary/aromatic N) is 2. The van der Waals surface area contributed by atoms with Crippen molar-refractivity contribution in [3.05, 3.63) is 41.2 Å². The van der Waals surface area contributed by atoms with Crippen molar-refractivity contribution >= 4 is 38.1 Å². The number of methoxy groups -OCH3 is 2. The van der Waals surface area contributed by atoms with Crippen molar-refractivity contribution in [3.8, 4) is 0 Å². The highest BCUT2D eigenvalue weighted by Crippen LogP contribution is 2.17. The molecule has 10 nitrogen and oxygen atoms in total. The number of amides is 1. The molecular formula is C18H23FN4O6S2. The number of thiazole rings is 1. The molecule has 0 aliphatic heterocycles. The molecular weight excluding hydrogens is 451 g/mol. The zero-order valence-electron chi connectivity index (χ0n) is 17.1. The summed E-state index contributed by atoms with van der Waals surface area (Å²) in [7, 11) is -0.785. The Balaban J connectivity index is 2.26. The molecule has 0 saturated heterocycles. The van der Waals surface area contributed by atoms with E-state index in [1.807, 2.05) is 0 Å². The highest BCUT2D eigenvalue weighted by Gasteiger charge is 2.20. The minimum absolute atomic E-state index is 0.00257. The zero-order valence-corrected chi connectivity index (χ0v) is 18.8. The summed E-state index contributed by atoms with van der Waals surface area (Å²) in [4.78, 5) is 21.7. The summed E-state index contributed by atoms with van der Waals surface area (Å²) in [5.41, 5.74) is 0.143. The molecule has 0 aliphatic carbocycles. The van der Waals surface area contributed by atoms with E-state index in [2.05, 4.69) is 20.2 Å². The predicted octanol–water partition coefficient (Wildman–Crippen LogP) is 1.60. The molecule has 2 N–H and O–H groups in total. The number of halogens is 1. The second kappa shape index (κ2) is 11.8. The number of oxime groups is 1. The number of hydrogen-bond donors (Lipinski definition) is 2. The van der Waals surface area contributed by atoms with Crippen LogP contribution in [0.3, 0.4) is 0 Å². The number of benzene rings is 1. The smallest absolute Gasteiger partial charge is 0.280 e. The van der Waals surface area contributed by atoms with Crippen molar-refractivity contribution in [2.75, 3.05) is 39.3 Å². The largest absolute Gasteiger partial charge is 0.390 e. The van der Waals surface area contributed by atoms with E-state index in [4.69, 9.17) is 14.3 Å². The lowest BCUT2D eigenvalue weighted by atomic mass is 10.1. The Hall–Kier alpha value is -2.45. The van der Waals surface area contributed by atoms with Gasteiger partial charge >= 0.3 is 0 Å². The Labute approximate surface area is 183 Å². The molecule has 0 radical (unpaired) electrons. The fourth-order valence-electron chi connectivity index (χ4n) is 2.26. The van der Waals surface area contributed by atoms with E-state index in [1.54, 1.807) is 6.92 Å². The van der Waals surface area contributed by atoms with Gasteiger partial charge in [-0.1, -0.05) is 28.6 Å². The number of rotatable bonds is 12. The van der Waals surface area contributed by atoms with Crippen LogP contribution in [0.5, 0.6) is 0 Å². The van der Waals surface area contributed by atoms with Crippen molar-refractivity contribution < 1.29 is 31.9 Å². The van der Waals surface area contributed by atoms with Gasteiger partial charge in [-0.05, 0) is 19.1 Å². The average molecular weight is 475 g/mol. The number of ether oxygens (including phenoxy) is 2. The molecule has 1 heterocycles. The summed E-state index contributed by atoms with van der Waals surface area (Å²) in [6.07, 6.45) is 0.527. The van der Waals surface area contributed by atoms with Crippen molar-refractivity contribution in [2.45, 2.75) is 17.9 Å². The van der Waals surface area contributed by atoms with Gasteiger partial charge in [0.15, 0.2) is 16.0 Å². The van der Waals surface area contributed by atoms with Crippen LogP contribution in [0.2, 0.25) is 0 Å². The van der Waals surface area contributed by atoms with Gasteiger partial charge in [0.2, 0.25) is 10.0 Å². The molecule has 2 rings (SSSR count). The van der Waals surface area contributed by atoms with Gasteiger partial charge in [-0.15, -0.1) is 0 Å². The lowest BCUT2D eigenvalue weighted by molar-refractivity contribution is -0.110. The van der Waals surface area contributed by atoms with Crippen molar-refractivity contribution in [1.29, 1.82) is 0 Å². The molecule has 1 aromatic heterocycles. The third-order valence-electron chi connectivity index (χ3n) is 3.67. The molecule has 2 aromatic rings. The zero-order chi connectivity index (χ0) is 22.9. The standard InChI is InChI=1S/C18H23FN4O6S2/c1-12(11-28-3)29-23-16(17(24)22-18-20-10-15(19)30-18)13-4-6-14(7-5-13)31(25,26)21-8-9-27-2/h4-7,10,12,21H,8-9,11H2,1-3H3,(H,20,22,24)/t12-/m1/s1. The van der Waals surface area contributed by atoms with Gasteiger partial charge in [-0.25, -0.2) is 18.1 Å². The Morgan fingerprint density at radius 1 is 1.26 bits per heavy atom. The lowest BCUT2D eigenvalue weighted by Gasteiger charge is -2.11. The number of anilines is 1. The number of hydrogen-bond acceptors (Lipinski definition) is 9. The fourth-order valence-corrected chi connectivity index (χ4v) is 3.81. The molecule has 0 fully saturated rings. The molecule has 0 spiro atoms. The van der Waals surface area contributed by atoms with Gasteiger partial charge in [-0.2, -0.15) is 4.39 Å². The van der Waals surface area contributed by atoms with Gasteiger partial charge in [0, 0.05) is 26.3 Å². The average Bonchev–Trinajstić information content (AvgIpc) is 3.13. The van der Waals surface area contributed by atoms with Crippen LogP contribution in [0.15, 0.2) is 40.5 Å². The quantitative estimate of drug-likeness (QED) is 0.272. The summed E-state index contributed by atoms with van der Waals surface area (Å²) >= 11 is 0.653. The van der Waals surface area contributed by atoms with Crippen LogP contribution in [0, 0.1) is 5.13 Å². The number of carbonyl (C=O) groups excluding carboxylic acids is 1. The number of sulfonamides is 1. The van der Waals surface area contributed by atoms with E-state index < -0.39 is 27.2 Å². The summed E-state index contributed by atoms with van der Waals surface area (Å²) in [5.74, 6) is -0.701. The molecule has 1 amide bonds. The van der Waals surface area contributed by atoms with Gasteiger partial charge in [-0.3, -0.25) is 10.1 Å². The van der Waals surface area contributed by atoms with E-state index >= 15 is 0 Å². The molecule has 0 unspecified atom stereocenters. The van der Waals surface area contributed by atoms with Gasteiger partial charge in [0.25, 0.3) is 5.91 Å². The van der Waals surface area contributed by atoms with E-state index in [0.717, 1.165) is 6.20 Å². The topological polar surface area (TPSA) is 128 Å². The molecule has 0 bridgehead atoms. The Kier molecular flexibility index (Phi) is 9.45. The Morgan fingerprint density at radius 3 is 2.55 bits per heavy atom. The van der Waals surface area contributed by atoms with Crippen LogP contribution in [-0.4, -0.2) is 65.1 Å². The van der Waals surface area contributed by atoms with Gasteiger partial charge < -0.3 is 14.3 Å². The SMILES string of the molecule is COCCNS(=O)(=O)c1ccc(C(=NO[C@H](C)COC)C(=O)Nc2ncc(F)s2)cc1.